The summed E-state index contributed by atoms with van der Waals surface area (Å²) in [4.78, 5) is 2.38. The molecule has 4 nitrogen and oxygen atoms in total. The summed E-state index contributed by atoms with van der Waals surface area (Å²) < 4.78 is 11.6. The van der Waals surface area contributed by atoms with Gasteiger partial charge >= 0.3 is 0 Å². The molecule has 1 fully saturated rings. The maximum absolute atomic E-state index is 6.19. The van der Waals surface area contributed by atoms with Gasteiger partial charge in [0.1, 0.15) is 18.5 Å². The van der Waals surface area contributed by atoms with Crippen molar-refractivity contribution in [2.45, 2.75) is 32.5 Å². The lowest BCUT2D eigenvalue weighted by atomic mass is 10.2. The van der Waals surface area contributed by atoms with Crippen molar-refractivity contribution in [2.75, 3.05) is 26.3 Å². The summed E-state index contributed by atoms with van der Waals surface area (Å²) >= 11 is 12.2. The van der Waals surface area contributed by atoms with E-state index < -0.39 is 0 Å². The second kappa shape index (κ2) is 7.65. The van der Waals surface area contributed by atoms with Crippen molar-refractivity contribution in [3.63, 3.8) is 0 Å². The minimum Gasteiger partial charge on any atom is -0.489 e. The van der Waals surface area contributed by atoms with Crippen molar-refractivity contribution < 1.29 is 9.47 Å². The fourth-order valence-electron chi connectivity index (χ4n) is 2.42. The third-order valence-corrected chi connectivity index (χ3v) is 4.12. The van der Waals surface area contributed by atoms with Gasteiger partial charge in [-0.2, -0.15) is 0 Å². The van der Waals surface area contributed by atoms with Crippen LogP contribution in [0.4, 0.5) is 0 Å². The van der Waals surface area contributed by atoms with Crippen molar-refractivity contribution in [2.24, 2.45) is 5.73 Å². The van der Waals surface area contributed by atoms with Gasteiger partial charge in [0.15, 0.2) is 0 Å². The first kappa shape index (κ1) is 16.8. The van der Waals surface area contributed by atoms with Crippen molar-refractivity contribution in [1.29, 1.82) is 0 Å². The van der Waals surface area contributed by atoms with Gasteiger partial charge in [-0.15, -0.1) is 0 Å². The Bertz CT molecular complexity index is 483. The summed E-state index contributed by atoms with van der Waals surface area (Å²) in [5, 5.41) is 1.05. The minimum absolute atomic E-state index is 0.0403. The smallest absolute Gasteiger partial charge is 0.142 e. The van der Waals surface area contributed by atoms with E-state index in [0.29, 0.717) is 35.0 Å². The van der Waals surface area contributed by atoms with Gasteiger partial charge in [-0.3, -0.25) is 4.90 Å². The van der Waals surface area contributed by atoms with E-state index in [2.05, 4.69) is 18.7 Å². The Morgan fingerprint density at radius 1 is 1.43 bits per heavy atom. The molecule has 1 aromatic rings. The van der Waals surface area contributed by atoms with E-state index in [1.165, 1.54) is 0 Å². The maximum Gasteiger partial charge on any atom is 0.142 e. The summed E-state index contributed by atoms with van der Waals surface area (Å²) in [5.41, 5.74) is 6.53. The van der Waals surface area contributed by atoms with Crippen molar-refractivity contribution in [3.8, 4) is 5.75 Å². The fourth-order valence-corrected chi connectivity index (χ4v) is 3.01. The SMILES string of the molecule is CC(C)N1CCOC(COc2c(Cl)cc(Cl)cc2CN)C1. The van der Waals surface area contributed by atoms with Gasteiger partial charge in [0, 0.05) is 36.3 Å². The van der Waals surface area contributed by atoms with Crippen LogP contribution in [0.2, 0.25) is 10.0 Å². The number of halogens is 2. The summed E-state index contributed by atoms with van der Waals surface area (Å²) in [6.07, 6.45) is 0.0403. The van der Waals surface area contributed by atoms with E-state index in [0.717, 1.165) is 25.3 Å². The summed E-state index contributed by atoms with van der Waals surface area (Å²) in [6.45, 7) is 7.71. The van der Waals surface area contributed by atoms with Gasteiger partial charge in [-0.25, -0.2) is 0 Å². The number of nitrogens with two attached hydrogens (primary N) is 1. The summed E-state index contributed by atoms with van der Waals surface area (Å²) in [7, 11) is 0. The Morgan fingerprint density at radius 2 is 2.19 bits per heavy atom. The molecule has 0 aliphatic carbocycles. The van der Waals surface area contributed by atoms with Crippen LogP contribution in [0.5, 0.6) is 5.75 Å². The average Bonchev–Trinajstić information content (AvgIpc) is 2.45. The normalized spacial score (nSPS) is 20.0. The lowest BCUT2D eigenvalue weighted by Crippen LogP contribution is -2.47. The molecular weight excluding hydrogens is 311 g/mol. The van der Waals surface area contributed by atoms with E-state index in [9.17, 15) is 0 Å². The Balaban J connectivity index is 2.00. The number of benzene rings is 1. The van der Waals surface area contributed by atoms with Gasteiger partial charge in [0.05, 0.1) is 11.6 Å². The zero-order valence-corrected chi connectivity index (χ0v) is 14.0. The first-order valence-electron chi connectivity index (χ1n) is 7.17. The van der Waals surface area contributed by atoms with Gasteiger partial charge < -0.3 is 15.2 Å². The molecule has 0 bridgehead atoms. The molecule has 1 aliphatic heterocycles. The van der Waals surface area contributed by atoms with E-state index in [1.807, 2.05) is 0 Å². The molecule has 0 radical (unpaired) electrons. The van der Waals surface area contributed by atoms with Gasteiger partial charge in [0.2, 0.25) is 0 Å². The molecule has 0 spiro atoms. The van der Waals surface area contributed by atoms with Crippen LogP contribution < -0.4 is 10.5 Å². The third kappa shape index (κ3) is 4.47. The van der Waals surface area contributed by atoms with Crippen LogP contribution in [0.15, 0.2) is 12.1 Å². The highest BCUT2D eigenvalue weighted by Gasteiger charge is 2.23. The largest absolute Gasteiger partial charge is 0.489 e. The number of nitrogens with zero attached hydrogens (tertiary/aromatic N) is 1. The Labute approximate surface area is 136 Å². The van der Waals surface area contributed by atoms with E-state index >= 15 is 0 Å². The molecule has 21 heavy (non-hydrogen) atoms. The number of morpholine rings is 1. The molecule has 0 saturated carbocycles. The van der Waals surface area contributed by atoms with Crippen LogP contribution in [0.25, 0.3) is 0 Å². The average molecular weight is 333 g/mol. The fraction of sp³-hybridized carbons (Fsp3) is 0.600. The monoisotopic (exact) mass is 332 g/mol. The molecule has 1 heterocycles. The molecule has 1 saturated heterocycles. The first-order valence-corrected chi connectivity index (χ1v) is 7.93. The Hall–Kier alpha value is -0.520. The topological polar surface area (TPSA) is 47.7 Å². The molecule has 1 unspecified atom stereocenters. The summed E-state index contributed by atoms with van der Waals surface area (Å²) in [5.74, 6) is 0.605. The van der Waals surface area contributed by atoms with Crippen LogP contribution >= 0.6 is 23.2 Å². The lowest BCUT2D eigenvalue weighted by molar-refractivity contribution is -0.0565. The van der Waals surface area contributed by atoms with Crippen LogP contribution in [-0.4, -0.2) is 43.3 Å². The molecule has 6 heteroatoms. The molecule has 1 atom stereocenters. The molecule has 2 N–H and O–H groups in total. The third-order valence-electron chi connectivity index (χ3n) is 3.62. The van der Waals surface area contributed by atoms with E-state index in [1.54, 1.807) is 12.1 Å². The molecule has 2 rings (SSSR count). The predicted molar refractivity (Wildman–Crippen MR) is 86.3 cm³/mol. The minimum atomic E-state index is 0.0403. The zero-order valence-electron chi connectivity index (χ0n) is 12.4. The van der Waals surface area contributed by atoms with Gasteiger partial charge in [-0.05, 0) is 26.0 Å². The van der Waals surface area contributed by atoms with Crippen molar-refractivity contribution in [1.82, 2.24) is 4.90 Å². The highest BCUT2D eigenvalue weighted by atomic mass is 35.5. The second-order valence-corrected chi connectivity index (χ2v) is 6.32. The molecule has 118 valence electrons. The Kier molecular flexibility index (Phi) is 6.14. The number of rotatable bonds is 5. The van der Waals surface area contributed by atoms with E-state index in [-0.39, 0.29) is 6.10 Å². The van der Waals surface area contributed by atoms with Gasteiger partial charge in [-0.1, -0.05) is 23.2 Å². The van der Waals surface area contributed by atoms with Crippen molar-refractivity contribution >= 4 is 23.2 Å². The molecule has 1 aliphatic rings. The lowest BCUT2D eigenvalue weighted by Gasteiger charge is -2.35. The molecular formula is C15H22Cl2N2O2. The van der Waals surface area contributed by atoms with Crippen LogP contribution in [-0.2, 0) is 11.3 Å². The standard InChI is InChI=1S/C15H22Cl2N2O2/c1-10(2)19-3-4-20-13(8-19)9-21-15-11(7-18)5-12(16)6-14(15)17/h5-6,10,13H,3-4,7-9,18H2,1-2H3. The number of ether oxygens (including phenoxy) is 2. The van der Waals surface area contributed by atoms with Crippen LogP contribution in [0.3, 0.4) is 0 Å². The van der Waals surface area contributed by atoms with E-state index in [4.69, 9.17) is 38.4 Å². The van der Waals surface area contributed by atoms with Crippen LogP contribution in [0.1, 0.15) is 19.4 Å². The quantitative estimate of drug-likeness (QED) is 0.900. The predicted octanol–water partition coefficient (Wildman–Crippen LogP) is 2.94. The molecule has 0 aromatic heterocycles. The maximum atomic E-state index is 6.19. The second-order valence-electron chi connectivity index (χ2n) is 5.47. The number of hydrogen-bond acceptors (Lipinski definition) is 4. The van der Waals surface area contributed by atoms with Gasteiger partial charge in [0.25, 0.3) is 0 Å². The Morgan fingerprint density at radius 3 is 2.86 bits per heavy atom. The summed E-state index contributed by atoms with van der Waals surface area (Å²) in [6, 6.07) is 3.96. The molecule has 1 aromatic carbocycles. The molecule has 0 amide bonds. The van der Waals surface area contributed by atoms with Crippen molar-refractivity contribution in [3.05, 3.63) is 27.7 Å². The number of hydrogen-bond donors (Lipinski definition) is 1. The van der Waals surface area contributed by atoms with Crippen LogP contribution in [0, 0.1) is 0 Å². The highest BCUT2D eigenvalue weighted by molar-refractivity contribution is 6.35. The highest BCUT2D eigenvalue weighted by Crippen LogP contribution is 2.32. The first-order chi connectivity index (χ1) is 10.0. The zero-order chi connectivity index (χ0) is 15.4.